The van der Waals surface area contributed by atoms with Crippen LogP contribution < -0.4 is 5.73 Å². The number of aromatic nitrogens is 1. The number of nitrogens with zero attached hydrogens (tertiary/aromatic N) is 1. The summed E-state index contributed by atoms with van der Waals surface area (Å²) in [6.07, 6.45) is 9.55. The van der Waals surface area contributed by atoms with Crippen LogP contribution in [0.4, 0.5) is 0 Å². The molecular formula is C14H22N2. The quantitative estimate of drug-likeness (QED) is 0.847. The lowest BCUT2D eigenvalue weighted by atomic mass is 9.82. The highest BCUT2D eigenvalue weighted by Gasteiger charge is 2.21. The number of hydrogen-bond acceptors (Lipinski definition) is 2. The van der Waals surface area contributed by atoms with Gasteiger partial charge >= 0.3 is 0 Å². The third-order valence-corrected chi connectivity index (χ3v) is 3.80. The van der Waals surface area contributed by atoms with Crippen molar-refractivity contribution in [2.24, 2.45) is 11.7 Å². The number of aryl methyl sites for hydroxylation is 1. The van der Waals surface area contributed by atoms with Gasteiger partial charge in [0.2, 0.25) is 0 Å². The van der Waals surface area contributed by atoms with E-state index in [0.717, 1.165) is 12.3 Å². The second-order valence-electron chi connectivity index (χ2n) is 5.03. The van der Waals surface area contributed by atoms with Crippen molar-refractivity contribution in [2.45, 2.75) is 51.5 Å². The van der Waals surface area contributed by atoms with Crippen LogP contribution in [0.25, 0.3) is 0 Å². The minimum Gasteiger partial charge on any atom is -0.327 e. The van der Waals surface area contributed by atoms with Gasteiger partial charge in [-0.3, -0.25) is 4.98 Å². The molecule has 1 saturated carbocycles. The van der Waals surface area contributed by atoms with Crippen LogP contribution in [0.3, 0.4) is 0 Å². The zero-order valence-electron chi connectivity index (χ0n) is 10.2. The van der Waals surface area contributed by atoms with E-state index in [1.165, 1.54) is 43.4 Å². The van der Waals surface area contributed by atoms with Crippen molar-refractivity contribution in [2.75, 3.05) is 0 Å². The van der Waals surface area contributed by atoms with E-state index in [4.69, 9.17) is 5.73 Å². The van der Waals surface area contributed by atoms with Crippen molar-refractivity contribution in [3.05, 3.63) is 29.6 Å². The van der Waals surface area contributed by atoms with Gasteiger partial charge in [0.15, 0.2) is 0 Å². The molecule has 1 unspecified atom stereocenters. The number of hydrogen-bond donors (Lipinski definition) is 1. The van der Waals surface area contributed by atoms with Crippen LogP contribution in [0.2, 0.25) is 0 Å². The molecule has 2 rings (SSSR count). The largest absolute Gasteiger partial charge is 0.327 e. The van der Waals surface area contributed by atoms with E-state index >= 15 is 0 Å². The number of rotatable bonds is 3. The minimum absolute atomic E-state index is 0.300. The molecule has 1 atom stereocenters. The Morgan fingerprint density at radius 1 is 1.38 bits per heavy atom. The molecule has 1 heterocycles. The molecule has 0 saturated heterocycles. The van der Waals surface area contributed by atoms with E-state index in [2.05, 4.69) is 18.0 Å². The zero-order chi connectivity index (χ0) is 11.4. The van der Waals surface area contributed by atoms with E-state index < -0.39 is 0 Å². The molecule has 88 valence electrons. The highest BCUT2D eigenvalue weighted by Crippen LogP contribution is 2.27. The summed E-state index contributed by atoms with van der Waals surface area (Å²) in [5.41, 5.74) is 8.76. The predicted molar refractivity (Wildman–Crippen MR) is 67.2 cm³/mol. The van der Waals surface area contributed by atoms with Crippen molar-refractivity contribution >= 4 is 0 Å². The van der Waals surface area contributed by atoms with Crippen molar-refractivity contribution in [3.63, 3.8) is 0 Å². The molecule has 0 radical (unpaired) electrons. The van der Waals surface area contributed by atoms with Gasteiger partial charge in [-0.25, -0.2) is 0 Å². The first kappa shape index (κ1) is 11.6. The Morgan fingerprint density at radius 2 is 2.12 bits per heavy atom. The lowest BCUT2D eigenvalue weighted by Crippen LogP contribution is -2.34. The molecule has 1 aromatic heterocycles. The topological polar surface area (TPSA) is 38.9 Å². The molecule has 0 aliphatic heterocycles. The van der Waals surface area contributed by atoms with Crippen molar-refractivity contribution in [1.29, 1.82) is 0 Å². The van der Waals surface area contributed by atoms with Gasteiger partial charge in [-0.05, 0) is 37.3 Å². The van der Waals surface area contributed by atoms with Crippen LogP contribution in [0.15, 0.2) is 18.3 Å². The molecule has 0 spiro atoms. The average molecular weight is 218 g/mol. The standard InChI is InChI=1S/C14H22N2/c1-11-6-5-9-16-14(11)10-13(15)12-7-3-2-4-8-12/h5-6,9,12-13H,2-4,7-8,10,15H2,1H3. The smallest absolute Gasteiger partial charge is 0.0448 e. The van der Waals surface area contributed by atoms with Crippen LogP contribution in [-0.2, 0) is 6.42 Å². The Hall–Kier alpha value is -0.890. The Labute approximate surface area is 98.3 Å². The summed E-state index contributed by atoms with van der Waals surface area (Å²) in [5.74, 6) is 0.718. The van der Waals surface area contributed by atoms with Gasteiger partial charge in [0.05, 0.1) is 0 Å². The van der Waals surface area contributed by atoms with Gasteiger partial charge in [0.1, 0.15) is 0 Å². The Balaban J connectivity index is 1.96. The maximum atomic E-state index is 6.31. The van der Waals surface area contributed by atoms with Crippen LogP contribution in [0.1, 0.15) is 43.4 Å². The van der Waals surface area contributed by atoms with E-state index in [1.807, 2.05) is 12.3 Å². The molecule has 1 fully saturated rings. The summed E-state index contributed by atoms with van der Waals surface area (Å²) >= 11 is 0. The molecule has 2 heteroatoms. The van der Waals surface area contributed by atoms with Crippen molar-refractivity contribution < 1.29 is 0 Å². The lowest BCUT2D eigenvalue weighted by molar-refractivity contribution is 0.302. The molecule has 2 nitrogen and oxygen atoms in total. The van der Waals surface area contributed by atoms with Crippen LogP contribution in [-0.4, -0.2) is 11.0 Å². The minimum atomic E-state index is 0.300. The monoisotopic (exact) mass is 218 g/mol. The normalized spacial score (nSPS) is 19.6. The molecule has 1 aliphatic rings. The van der Waals surface area contributed by atoms with Gasteiger partial charge in [0, 0.05) is 24.4 Å². The second kappa shape index (κ2) is 5.44. The lowest BCUT2D eigenvalue weighted by Gasteiger charge is -2.27. The summed E-state index contributed by atoms with van der Waals surface area (Å²) < 4.78 is 0. The van der Waals surface area contributed by atoms with Crippen LogP contribution in [0, 0.1) is 12.8 Å². The molecule has 0 bridgehead atoms. The van der Waals surface area contributed by atoms with Crippen LogP contribution in [0.5, 0.6) is 0 Å². The summed E-state index contributed by atoms with van der Waals surface area (Å²) in [6.45, 7) is 2.12. The second-order valence-corrected chi connectivity index (χ2v) is 5.03. The molecule has 16 heavy (non-hydrogen) atoms. The van der Waals surface area contributed by atoms with E-state index in [-0.39, 0.29) is 0 Å². The van der Waals surface area contributed by atoms with Crippen molar-refractivity contribution in [3.8, 4) is 0 Å². The van der Waals surface area contributed by atoms with Gasteiger partial charge in [-0.1, -0.05) is 25.3 Å². The number of pyridine rings is 1. The molecule has 2 N–H and O–H groups in total. The highest BCUT2D eigenvalue weighted by atomic mass is 14.7. The first-order valence-electron chi connectivity index (χ1n) is 6.43. The molecular weight excluding hydrogens is 196 g/mol. The summed E-state index contributed by atoms with van der Waals surface area (Å²) in [4.78, 5) is 4.43. The van der Waals surface area contributed by atoms with Gasteiger partial charge in [0.25, 0.3) is 0 Å². The van der Waals surface area contributed by atoms with E-state index in [9.17, 15) is 0 Å². The van der Waals surface area contributed by atoms with E-state index in [1.54, 1.807) is 0 Å². The summed E-state index contributed by atoms with van der Waals surface area (Å²) in [6, 6.07) is 4.41. The highest BCUT2D eigenvalue weighted by molar-refractivity contribution is 5.18. The number of nitrogens with two attached hydrogens (primary N) is 1. The third-order valence-electron chi connectivity index (χ3n) is 3.80. The van der Waals surface area contributed by atoms with Gasteiger partial charge in [-0.15, -0.1) is 0 Å². The maximum absolute atomic E-state index is 6.31. The Bertz CT molecular complexity index is 329. The average Bonchev–Trinajstić information content (AvgIpc) is 2.33. The van der Waals surface area contributed by atoms with E-state index in [0.29, 0.717) is 6.04 Å². The fraction of sp³-hybridized carbons (Fsp3) is 0.643. The SMILES string of the molecule is Cc1cccnc1CC(N)C1CCCCC1. The first-order valence-corrected chi connectivity index (χ1v) is 6.43. The molecule has 1 aliphatic carbocycles. The van der Waals surface area contributed by atoms with Crippen molar-refractivity contribution in [1.82, 2.24) is 4.98 Å². The Morgan fingerprint density at radius 3 is 2.81 bits per heavy atom. The molecule has 0 aromatic carbocycles. The Kier molecular flexibility index (Phi) is 3.94. The van der Waals surface area contributed by atoms with Crippen LogP contribution >= 0.6 is 0 Å². The fourth-order valence-corrected chi connectivity index (χ4v) is 2.68. The third kappa shape index (κ3) is 2.82. The summed E-state index contributed by atoms with van der Waals surface area (Å²) in [5, 5.41) is 0. The molecule has 0 amide bonds. The maximum Gasteiger partial charge on any atom is 0.0448 e. The van der Waals surface area contributed by atoms with Gasteiger partial charge in [-0.2, -0.15) is 0 Å². The fourth-order valence-electron chi connectivity index (χ4n) is 2.68. The zero-order valence-corrected chi connectivity index (χ0v) is 10.2. The first-order chi connectivity index (χ1) is 7.77. The molecule has 1 aromatic rings. The predicted octanol–water partition coefficient (Wildman–Crippen LogP) is 2.84. The summed E-state index contributed by atoms with van der Waals surface area (Å²) in [7, 11) is 0. The van der Waals surface area contributed by atoms with Gasteiger partial charge < -0.3 is 5.73 Å².